The van der Waals surface area contributed by atoms with E-state index in [0.29, 0.717) is 24.9 Å². The number of nitrogens with one attached hydrogen (secondary N) is 1. The third-order valence-electron chi connectivity index (χ3n) is 4.77. The van der Waals surface area contributed by atoms with Crippen molar-refractivity contribution >= 4 is 15.9 Å². The summed E-state index contributed by atoms with van der Waals surface area (Å²) in [4.78, 5) is 16.5. The smallest absolute Gasteiger partial charge is 0.243 e. The van der Waals surface area contributed by atoms with Crippen LogP contribution in [0.3, 0.4) is 0 Å². The number of piperidine rings is 1. The van der Waals surface area contributed by atoms with Crippen LogP contribution in [-0.2, 0) is 21.4 Å². The van der Waals surface area contributed by atoms with Crippen LogP contribution in [0.1, 0.15) is 24.0 Å². The molecule has 1 N–H and O–H groups in total. The van der Waals surface area contributed by atoms with E-state index >= 15 is 0 Å². The van der Waals surface area contributed by atoms with Crippen molar-refractivity contribution in [2.24, 2.45) is 5.92 Å². The number of carbonyl (C=O) groups is 1. The maximum atomic E-state index is 13.3. The summed E-state index contributed by atoms with van der Waals surface area (Å²) in [5, 5.41) is 2.88. The molecule has 1 aromatic carbocycles. The Bertz CT molecular complexity index is 911. The van der Waals surface area contributed by atoms with Gasteiger partial charge in [-0.1, -0.05) is 6.07 Å². The van der Waals surface area contributed by atoms with E-state index in [0.717, 1.165) is 11.6 Å². The molecule has 8 heteroatoms. The molecule has 1 aliphatic rings. The highest BCUT2D eigenvalue weighted by molar-refractivity contribution is 7.89. The molecule has 0 bridgehead atoms. The van der Waals surface area contributed by atoms with Crippen molar-refractivity contribution in [2.75, 3.05) is 13.1 Å². The van der Waals surface area contributed by atoms with Gasteiger partial charge in [0.05, 0.1) is 4.90 Å². The number of aryl methyl sites for hydroxylation is 1. The molecule has 0 radical (unpaired) electrons. The highest BCUT2D eigenvalue weighted by Gasteiger charge is 2.32. The number of aromatic nitrogens is 1. The van der Waals surface area contributed by atoms with Crippen LogP contribution in [0.2, 0.25) is 0 Å². The third kappa shape index (κ3) is 4.51. The lowest BCUT2D eigenvalue weighted by molar-refractivity contribution is -0.126. The van der Waals surface area contributed by atoms with E-state index in [2.05, 4.69) is 10.3 Å². The van der Waals surface area contributed by atoms with E-state index in [1.165, 1.54) is 16.4 Å². The van der Waals surface area contributed by atoms with E-state index < -0.39 is 15.8 Å². The topological polar surface area (TPSA) is 79.4 Å². The van der Waals surface area contributed by atoms with E-state index in [9.17, 15) is 17.6 Å². The predicted octanol–water partition coefficient (Wildman–Crippen LogP) is 2.25. The average molecular weight is 391 g/mol. The number of pyridine rings is 1. The Labute approximate surface area is 158 Å². The quantitative estimate of drug-likeness (QED) is 0.848. The van der Waals surface area contributed by atoms with Crippen molar-refractivity contribution in [3.05, 3.63) is 59.7 Å². The largest absolute Gasteiger partial charge is 0.352 e. The van der Waals surface area contributed by atoms with E-state index in [-0.39, 0.29) is 29.8 Å². The van der Waals surface area contributed by atoms with Gasteiger partial charge in [-0.15, -0.1) is 0 Å². The highest BCUT2D eigenvalue weighted by atomic mass is 32.2. The molecule has 0 atom stereocenters. The molecule has 0 unspecified atom stereocenters. The standard InChI is InChI=1S/C19H22FN3O3S/c1-14-11-17(20)4-5-18(14)27(25,26)23-9-6-16(7-10-23)19(24)22-13-15-3-2-8-21-12-15/h2-5,8,11-12,16H,6-7,9-10,13H2,1H3,(H,22,24). The highest BCUT2D eigenvalue weighted by Crippen LogP contribution is 2.26. The molecular weight excluding hydrogens is 369 g/mol. The summed E-state index contributed by atoms with van der Waals surface area (Å²) in [6.07, 6.45) is 4.28. The second-order valence-corrected chi connectivity index (χ2v) is 8.57. The Hall–Kier alpha value is -2.32. The van der Waals surface area contributed by atoms with Gasteiger partial charge in [-0.2, -0.15) is 4.31 Å². The number of hydrogen-bond acceptors (Lipinski definition) is 4. The van der Waals surface area contributed by atoms with Gasteiger partial charge in [0.2, 0.25) is 15.9 Å². The normalized spacial score (nSPS) is 16.2. The Morgan fingerprint density at radius 1 is 1.30 bits per heavy atom. The molecule has 3 rings (SSSR count). The Kier molecular flexibility index (Phi) is 5.86. The summed E-state index contributed by atoms with van der Waals surface area (Å²) in [5.74, 6) is -0.758. The zero-order chi connectivity index (χ0) is 19.4. The number of sulfonamides is 1. The summed E-state index contributed by atoms with van der Waals surface area (Å²) in [5.41, 5.74) is 1.30. The molecule has 1 fully saturated rings. The molecule has 0 saturated carbocycles. The summed E-state index contributed by atoms with van der Waals surface area (Å²) in [7, 11) is -3.69. The second kappa shape index (κ2) is 8.14. The number of amides is 1. The van der Waals surface area contributed by atoms with Crippen molar-refractivity contribution < 1.29 is 17.6 Å². The van der Waals surface area contributed by atoms with Gasteiger partial charge in [0.1, 0.15) is 5.82 Å². The van der Waals surface area contributed by atoms with Gasteiger partial charge >= 0.3 is 0 Å². The van der Waals surface area contributed by atoms with Crippen LogP contribution in [0, 0.1) is 18.7 Å². The lowest BCUT2D eigenvalue weighted by atomic mass is 9.97. The van der Waals surface area contributed by atoms with E-state index in [1.807, 2.05) is 12.1 Å². The number of benzene rings is 1. The van der Waals surface area contributed by atoms with Crippen LogP contribution < -0.4 is 5.32 Å². The van der Waals surface area contributed by atoms with Gasteiger partial charge < -0.3 is 5.32 Å². The van der Waals surface area contributed by atoms with Gasteiger partial charge in [0, 0.05) is 37.9 Å². The van der Waals surface area contributed by atoms with E-state index in [1.54, 1.807) is 19.3 Å². The molecule has 1 saturated heterocycles. The molecule has 27 heavy (non-hydrogen) atoms. The maximum absolute atomic E-state index is 13.3. The number of halogens is 1. The molecule has 1 aliphatic heterocycles. The Morgan fingerprint density at radius 3 is 2.67 bits per heavy atom. The van der Waals surface area contributed by atoms with Crippen molar-refractivity contribution in [1.29, 1.82) is 0 Å². The van der Waals surface area contributed by atoms with Gasteiger partial charge in [0.15, 0.2) is 0 Å². The van der Waals surface area contributed by atoms with Crippen LogP contribution in [0.4, 0.5) is 4.39 Å². The minimum absolute atomic E-state index is 0.0751. The first-order chi connectivity index (χ1) is 12.9. The fourth-order valence-corrected chi connectivity index (χ4v) is 4.91. The van der Waals surface area contributed by atoms with Crippen molar-refractivity contribution in [3.63, 3.8) is 0 Å². The molecule has 144 valence electrons. The van der Waals surface area contributed by atoms with Crippen LogP contribution in [0.15, 0.2) is 47.6 Å². The molecular formula is C19H22FN3O3S. The lowest BCUT2D eigenvalue weighted by Crippen LogP contribution is -2.43. The van der Waals surface area contributed by atoms with Gasteiger partial charge in [-0.3, -0.25) is 9.78 Å². The van der Waals surface area contributed by atoms with Crippen LogP contribution >= 0.6 is 0 Å². The molecule has 2 aromatic rings. The van der Waals surface area contributed by atoms with Crippen molar-refractivity contribution in [3.8, 4) is 0 Å². The average Bonchev–Trinajstić information content (AvgIpc) is 2.66. The Morgan fingerprint density at radius 2 is 2.04 bits per heavy atom. The minimum atomic E-state index is -3.69. The maximum Gasteiger partial charge on any atom is 0.243 e. The summed E-state index contributed by atoms with van der Waals surface area (Å²) in [6.45, 7) is 2.52. The van der Waals surface area contributed by atoms with Crippen molar-refractivity contribution in [1.82, 2.24) is 14.6 Å². The molecule has 0 spiro atoms. The minimum Gasteiger partial charge on any atom is -0.352 e. The molecule has 2 heterocycles. The fraction of sp³-hybridized carbons (Fsp3) is 0.368. The number of nitrogens with zero attached hydrogens (tertiary/aromatic N) is 2. The van der Waals surface area contributed by atoms with Gasteiger partial charge in [-0.25, -0.2) is 12.8 Å². The Balaban J connectivity index is 1.58. The number of rotatable bonds is 5. The SMILES string of the molecule is Cc1cc(F)ccc1S(=O)(=O)N1CCC(C(=O)NCc2cccnc2)CC1. The van der Waals surface area contributed by atoms with Gasteiger partial charge in [-0.05, 0) is 55.2 Å². The third-order valence-corrected chi connectivity index (χ3v) is 6.83. The summed E-state index contributed by atoms with van der Waals surface area (Å²) < 4.78 is 40.2. The first kappa shape index (κ1) is 19.4. The van der Waals surface area contributed by atoms with Crippen LogP contribution in [0.25, 0.3) is 0 Å². The molecule has 1 amide bonds. The molecule has 0 aliphatic carbocycles. The van der Waals surface area contributed by atoms with Crippen molar-refractivity contribution in [2.45, 2.75) is 31.2 Å². The monoisotopic (exact) mass is 391 g/mol. The number of carbonyl (C=O) groups excluding carboxylic acids is 1. The lowest BCUT2D eigenvalue weighted by Gasteiger charge is -2.31. The van der Waals surface area contributed by atoms with E-state index in [4.69, 9.17) is 0 Å². The second-order valence-electron chi connectivity index (χ2n) is 6.67. The van der Waals surface area contributed by atoms with Crippen LogP contribution in [0.5, 0.6) is 0 Å². The summed E-state index contributed by atoms with van der Waals surface area (Å²) >= 11 is 0. The number of hydrogen-bond donors (Lipinski definition) is 1. The van der Waals surface area contributed by atoms with Crippen LogP contribution in [-0.4, -0.2) is 36.7 Å². The molecule has 1 aromatic heterocycles. The zero-order valence-corrected chi connectivity index (χ0v) is 15.9. The summed E-state index contributed by atoms with van der Waals surface area (Å²) in [6, 6.07) is 7.35. The first-order valence-electron chi connectivity index (χ1n) is 8.81. The van der Waals surface area contributed by atoms with Gasteiger partial charge in [0.25, 0.3) is 0 Å². The first-order valence-corrected chi connectivity index (χ1v) is 10.2. The predicted molar refractivity (Wildman–Crippen MR) is 98.7 cm³/mol. The fourth-order valence-electron chi connectivity index (χ4n) is 3.24. The zero-order valence-electron chi connectivity index (χ0n) is 15.1. The molecule has 6 nitrogen and oxygen atoms in total.